The summed E-state index contributed by atoms with van der Waals surface area (Å²) < 4.78 is 5.48. The fraction of sp³-hybridized carbons (Fsp3) is 0.526. The maximum Gasteiger partial charge on any atom is 0.133 e. The average molecular weight is 311 g/mol. The number of nitrogens with zero attached hydrogens (tertiary/aromatic N) is 3. The molecule has 0 aliphatic carbocycles. The first-order valence-corrected chi connectivity index (χ1v) is 8.22. The standard InChI is InChI=1S/C19H25N3O/c1-18(2,15-10-14-12-23-13-16(14)22-11-15)6-7-19(3,4)17-20-8-5-9-21-17/h5,8-11H,6-7,12-13H2,1-4H3. The van der Waals surface area contributed by atoms with Gasteiger partial charge in [0.05, 0.1) is 18.9 Å². The summed E-state index contributed by atoms with van der Waals surface area (Å²) in [6.07, 6.45) is 7.73. The second-order valence-electron chi connectivity index (χ2n) is 7.66. The average Bonchev–Trinajstić information content (AvgIpc) is 3.02. The second kappa shape index (κ2) is 6.00. The van der Waals surface area contributed by atoms with Crippen LogP contribution in [0.25, 0.3) is 0 Å². The molecule has 0 saturated heterocycles. The van der Waals surface area contributed by atoms with E-state index in [1.807, 2.05) is 24.7 Å². The summed E-state index contributed by atoms with van der Waals surface area (Å²) in [4.78, 5) is 13.4. The Kier molecular flexibility index (Phi) is 4.19. The lowest BCUT2D eigenvalue weighted by Crippen LogP contribution is -2.26. The Labute approximate surface area is 138 Å². The minimum atomic E-state index is -0.0359. The third-order valence-corrected chi connectivity index (χ3v) is 4.88. The zero-order valence-electron chi connectivity index (χ0n) is 14.5. The van der Waals surface area contributed by atoms with Crippen LogP contribution in [0, 0.1) is 0 Å². The molecule has 1 aliphatic heterocycles. The molecule has 0 aromatic carbocycles. The fourth-order valence-corrected chi connectivity index (χ4v) is 2.95. The van der Waals surface area contributed by atoms with Crippen LogP contribution in [0.4, 0.5) is 0 Å². The predicted octanol–water partition coefficient (Wildman–Crippen LogP) is 3.94. The first-order chi connectivity index (χ1) is 10.9. The van der Waals surface area contributed by atoms with Crippen molar-refractivity contribution < 1.29 is 4.74 Å². The molecule has 0 radical (unpaired) electrons. The quantitative estimate of drug-likeness (QED) is 0.839. The Bertz CT molecular complexity index is 680. The molecule has 2 aromatic rings. The van der Waals surface area contributed by atoms with Gasteiger partial charge in [-0.2, -0.15) is 0 Å². The van der Waals surface area contributed by atoms with Gasteiger partial charge in [-0.1, -0.05) is 27.7 Å². The van der Waals surface area contributed by atoms with Gasteiger partial charge < -0.3 is 4.74 Å². The van der Waals surface area contributed by atoms with Crippen LogP contribution in [-0.2, 0) is 28.8 Å². The molecular formula is C19H25N3O. The van der Waals surface area contributed by atoms with Crippen LogP contribution in [-0.4, -0.2) is 15.0 Å². The highest BCUT2D eigenvalue weighted by atomic mass is 16.5. The molecule has 122 valence electrons. The van der Waals surface area contributed by atoms with E-state index in [9.17, 15) is 0 Å². The zero-order valence-corrected chi connectivity index (χ0v) is 14.5. The molecular weight excluding hydrogens is 286 g/mol. The van der Waals surface area contributed by atoms with Gasteiger partial charge in [0.2, 0.25) is 0 Å². The highest BCUT2D eigenvalue weighted by Gasteiger charge is 2.29. The summed E-state index contributed by atoms with van der Waals surface area (Å²) in [5.74, 6) is 0.913. The molecule has 0 unspecified atom stereocenters. The van der Waals surface area contributed by atoms with Gasteiger partial charge in [-0.25, -0.2) is 9.97 Å². The Morgan fingerprint density at radius 3 is 2.39 bits per heavy atom. The largest absolute Gasteiger partial charge is 0.370 e. The normalized spacial score (nSPS) is 14.8. The van der Waals surface area contributed by atoms with E-state index in [0.717, 1.165) is 24.4 Å². The zero-order chi connectivity index (χ0) is 16.5. The molecule has 0 saturated carbocycles. The molecule has 0 bridgehead atoms. The molecule has 0 spiro atoms. The van der Waals surface area contributed by atoms with Crippen molar-refractivity contribution >= 4 is 0 Å². The Morgan fingerprint density at radius 1 is 0.957 bits per heavy atom. The van der Waals surface area contributed by atoms with Crippen LogP contribution >= 0.6 is 0 Å². The van der Waals surface area contributed by atoms with E-state index in [2.05, 4.69) is 48.7 Å². The van der Waals surface area contributed by atoms with Gasteiger partial charge in [0.25, 0.3) is 0 Å². The van der Waals surface area contributed by atoms with E-state index < -0.39 is 0 Å². The lowest BCUT2D eigenvalue weighted by molar-refractivity contribution is 0.133. The van der Waals surface area contributed by atoms with Crippen LogP contribution in [0.15, 0.2) is 30.7 Å². The lowest BCUT2D eigenvalue weighted by Gasteiger charge is -2.30. The number of hydrogen-bond acceptors (Lipinski definition) is 4. The molecule has 0 N–H and O–H groups in total. The topological polar surface area (TPSA) is 47.9 Å². The van der Waals surface area contributed by atoms with E-state index in [1.165, 1.54) is 11.1 Å². The number of hydrogen-bond donors (Lipinski definition) is 0. The van der Waals surface area contributed by atoms with Crippen LogP contribution in [0.1, 0.15) is 63.2 Å². The van der Waals surface area contributed by atoms with Crippen molar-refractivity contribution in [2.75, 3.05) is 0 Å². The van der Waals surface area contributed by atoms with E-state index in [1.54, 1.807) is 0 Å². The smallest absolute Gasteiger partial charge is 0.133 e. The van der Waals surface area contributed by atoms with Gasteiger partial charge in [-0.3, -0.25) is 4.98 Å². The van der Waals surface area contributed by atoms with Crippen molar-refractivity contribution in [3.63, 3.8) is 0 Å². The van der Waals surface area contributed by atoms with Gasteiger partial charge in [-0.15, -0.1) is 0 Å². The molecule has 0 amide bonds. The van der Waals surface area contributed by atoms with Crippen molar-refractivity contribution in [3.8, 4) is 0 Å². The van der Waals surface area contributed by atoms with Crippen molar-refractivity contribution in [2.24, 2.45) is 0 Å². The van der Waals surface area contributed by atoms with Crippen LogP contribution in [0.2, 0.25) is 0 Å². The number of pyridine rings is 1. The molecule has 1 aliphatic rings. The van der Waals surface area contributed by atoms with Crippen LogP contribution < -0.4 is 0 Å². The molecule has 3 rings (SSSR count). The molecule has 3 heterocycles. The first-order valence-electron chi connectivity index (χ1n) is 8.22. The van der Waals surface area contributed by atoms with E-state index >= 15 is 0 Å². The maximum absolute atomic E-state index is 5.48. The first kappa shape index (κ1) is 16.1. The molecule has 0 atom stereocenters. The monoisotopic (exact) mass is 311 g/mol. The Balaban J connectivity index is 1.74. The summed E-state index contributed by atoms with van der Waals surface area (Å²) in [6, 6.07) is 4.13. The summed E-state index contributed by atoms with van der Waals surface area (Å²) in [6.45, 7) is 10.3. The molecule has 0 fully saturated rings. The third kappa shape index (κ3) is 3.42. The second-order valence-corrected chi connectivity index (χ2v) is 7.66. The SMILES string of the molecule is CC(C)(CCC(C)(C)c1ncccn1)c1cnc2c(c1)COC2. The van der Waals surface area contributed by atoms with E-state index in [-0.39, 0.29) is 10.8 Å². The minimum absolute atomic E-state index is 0.0359. The number of rotatable bonds is 5. The lowest BCUT2D eigenvalue weighted by atomic mass is 9.75. The molecule has 2 aromatic heterocycles. The van der Waals surface area contributed by atoms with Gasteiger partial charge in [0, 0.05) is 29.6 Å². The fourth-order valence-electron chi connectivity index (χ4n) is 2.95. The summed E-state index contributed by atoms with van der Waals surface area (Å²) in [5.41, 5.74) is 3.64. The number of fused-ring (bicyclic) bond motifs is 1. The van der Waals surface area contributed by atoms with E-state index in [0.29, 0.717) is 13.2 Å². The number of ether oxygens (including phenoxy) is 1. The Morgan fingerprint density at radius 2 is 1.65 bits per heavy atom. The van der Waals surface area contributed by atoms with Crippen molar-refractivity contribution in [1.82, 2.24) is 15.0 Å². The highest BCUT2D eigenvalue weighted by molar-refractivity contribution is 5.31. The van der Waals surface area contributed by atoms with Crippen molar-refractivity contribution in [2.45, 2.75) is 64.6 Å². The van der Waals surface area contributed by atoms with Crippen molar-refractivity contribution in [1.29, 1.82) is 0 Å². The number of aromatic nitrogens is 3. The van der Waals surface area contributed by atoms with Crippen molar-refractivity contribution in [3.05, 3.63) is 53.4 Å². The maximum atomic E-state index is 5.48. The third-order valence-electron chi connectivity index (χ3n) is 4.88. The Hall–Kier alpha value is -1.81. The summed E-state index contributed by atoms with van der Waals surface area (Å²) in [5, 5.41) is 0. The predicted molar refractivity (Wildman–Crippen MR) is 90.0 cm³/mol. The van der Waals surface area contributed by atoms with Gasteiger partial charge in [0.15, 0.2) is 0 Å². The minimum Gasteiger partial charge on any atom is -0.370 e. The summed E-state index contributed by atoms with van der Waals surface area (Å²) in [7, 11) is 0. The molecule has 4 heteroatoms. The summed E-state index contributed by atoms with van der Waals surface area (Å²) >= 11 is 0. The highest BCUT2D eigenvalue weighted by Crippen LogP contribution is 2.35. The molecule has 23 heavy (non-hydrogen) atoms. The van der Waals surface area contributed by atoms with Crippen LogP contribution in [0.3, 0.4) is 0 Å². The van der Waals surface area contributed by atoms with Gasteiger partial charge in [0.1, 0.15) is 5.82 Å². The van der Waals surface area contributed by atoms with Gasteiger partial charge in [-0.05, 0) is 36.0 Å². The van der Waals surface area contributed by atoms with Crippen LogP contribution in [0.5, 0.6) is 0 Å². The van der Waals surface area contributed by atoms with E-state index in [4.69, 9.17) is 4.74 Å². The van der Waals surface area contributed by atoms with Gasteiger partial charge >= 0.3 is 0 Å². The molecule has 4 nitrogen and oxygen atoms in total.